The summed E-state index contributed by atoms with van der Waals surface area (Å²) in [6.45, 7) is 14.9. The van der Waals surface area contributed by atoms with Gasteiger partial charge in [-0.2, -0.15) is 4.58 Å². The first kappa shape index (κ1) is 85.1. The summed E-state index contributed by atoms with van der Waals surface area (Å²) < 4.78 is 168. The number of hydroxylamine groups is 2. The van der Waals surface area contributed by atoms with Crippen molar-refractivity contribution in [2.24, 2.45) is 0 Å². The van der Waals surface area contributed by atoms with E-state index >= 15 is 0 Å². The van der Waals surface area contributed by atoms with Gasteiger partial charge in [-0.3, -0.25) is 9.59 Å². The summed E-state index contributed by atoms with van der Waals surface area (Å²) in [6, 6.07) is 16.4. The van der Waals surface area contributed by atoms with Gasteiger partial charge in [0.15, 0.2) is 12.3 Å². The number of nitrogens with zero attached hydrogens (tertiary/aromatic N) is 3. The molecule has 2 amide bonds. The SMILES string of the molecule is COCCOCCOCCOCC[N+]1=C(/C=C/C=C/C=C2/N(CCOCCOCCOCCOCCC(=O)ON3C(=O)CCC3=O)c3ccc4cc(S(=O)(=O)[O-])ccc4c3C2(C)CCOCCOCCOCCOC)C(C)(CCOCCOCCOCCOC)c2c1ccc1cc(S(=O)(=O)[O-])ccc21. The van der Waals surface area contributed by atoms with Gasteiger partial charge in [0, 0.05) is 88.4 Å². The van der Waals surface area contributed by atoms with Gasteiger partial charge in [0.25, 0.3) is 11.8 Å². The Bertz CT molecular complexity index is 3690. The monoisotopic (exact) mass is 1500 g/mol. The van der Waals surface area contributed by atoms with Gasteiger partial charge in [-0.1, -0.05) is 36.4 Å². The molecule has 1 saturated heterocycles. The van der Waals surface area contributed by atoms with E-state index in [1.165, 1.54) is 24.3 Å². The third kappa shape index (κ3) is 26.4. The second-order valence-corrected chi connectivity index (χ2v) is 27.2. The highest BCUT2D eigenvalue weighted by Gasteiger charge is 2.49. The third-order valence-electron chi connectivity index (χ3n) is 17.3. The average Bonchev–Trinajstić information content (AvgIpc) is 1.56. The molecule has 31 heteroatoms. The molecule has 7 rings (SSSR count). The van der Waals surface area contributed by atoms with Gasteiger partial charge in [-0.15, -0.1) is 5.06 Å². The molecule has 3 heterocycles. The molecular weight excluding hydrogens is 1400 g/mol. The molecule has 0 aromatic heterocycles. The maximum atomic E-state index is 12.4. The normalized spacial score (nSPS) is 17.5. The Labute approximate surface area is 609 Å². The van der Waals surface area contributed by atoms with Crippen LogP contribution in [0.15, 0.2) is 107 Å². The molecule has 2 unspecified atom stereocenters. The van der Waals surface area contributed by atoms with Crippen molar-refractivity contribution in [1.82, 2.24) is 5.06 Å². The Morgan fingerprint density at radius 3 is 1.34 bits per heavy atom. The van der Waals surface area contributed by atoms with Crippen LogP contribution < -0.4 is 4.90 Å². The minimum absolute atomic E-state index is 0.00615. The van der Waals surface area contributed by atoms with E-state index in [-0.39, 0.29) is 81.9 Å². The quantitative estimate of drug-likeness (QED) is 0.0164. The number of benzene rings is 4. The van der Waals surface area contributed by atoms with Crippen molar-refractivity contribution in [1.29, 1.82) is 0 Å². The number of ether oxygens (including phenoxy) is 16. The Morgan fingerprint density at radius 1 is 0.471 bits per heavy atom. The number of hydrogen-bond donors (Lipinski definition) is 0. The van der Waals surface area contributed by atoms with E-state index in [1.54, 1.807) is 33.5 Å². The summed E-state index contributed by atoms with van der Waals surface area (Å²) in [5, 5.41) is 3.16. The minimum Gasteiger partial charge on any atom is -0.744 e. The van der Waals surface area contributed by atoms with Gasteiger partial charge in [0.1, 0.15) is 26.8 Å². The number of carbonyl (C=O) groups excluding carboxylic acids is 3. The van der Waals surface area contributed by atoms with Crippen LogP contribution in [-0.2, 0) is 126 Å². The lowest BCUT2D eigenvalue weighted by molar-refractivity contribution is -0.442. The fraction of sp³-hybridized carbons (Fsp3) is 0.589. The maximum Gasteiger partial charge on any atom is 0.335 e. The van der Waals surface area contributed by atoms with Crippen LogP contribution in [0.1, 0.15) is 57.1 Å². The molecule has 4 aromatic carbocycles. The summed E-state index contributed by atoms with van der Waals surface area (Å²) in [4.78, 5) is 41.9. The summed E-state index contributed by atoms with van der Waals surface area (Å²) >= 11 is 0. The summed E-state index contributed by atoms with van der Waals surface area (Å²) in [5.74, 6) is -1.86. The number of fused-ring (bicyclic) bond motifs is 6. The van der Waals surface area contributed by atoms with Gasteiger partial charge >= 0.3 is 5.97 Å². The van der Waals surface area contributed by atoms with Crippen molar-refractivity contribution in [3.8, 4) is 0 Å². The minimum atomic E-state index is -4.79. The first-order chi connectivity index (χ1) is 50.4. The number of amides is 2. The van der Waals surface area contributed by atoms with Gasteiger partial charge < -0.3 is 94.6 Å². The Kier molecular flexibility index (Phi) is 37.3. The molecule has 104 heavy (non-hydrogen) atoms. The van der Waals surface area contributed by atoms with E-state index in [2.05, 4.69) is 29.4 Å². The number of hydrogen-bond acceptors (Lipinski definition) is 27. The predicted molar refractivity (Wildman–Crippen MR) is 379 cm³/mol. The lowest BCUT2D eigenvalue weighted by Crippen LogP contribution is -2.33. The zero-order chi connectivity index (χ0) is 74.5. The molecule has 4 aromatic rings. The summed E-state index contributed by atoms with van der Waals surface area (Å²) in [6.07, 6.45) is 10.8. The van der Waals surface area contributed by atoms with E-state index in [9.17, 15) is 40.3 Å². The predicted octanol–water partition coefficient (Wildman–Crippen LogP) is 5.86. The van der Waals surface area contributed by atoms with Crippen LogP contribution in [0.2, 0.25) is 0 Å². The molecule has 0 N–H and O–H groups in total. The smallest absolute Gasteiger partial charge is 0.335 e. The van der Waals surface area contributed by atoms with Crippen LogP contribution in [0.3, 0.4) is 0 Å². The number of anilines is 1. The van der Waals surface area contributed by atoms with Crippen molar-refractivity contribution < 1.29 is 126 Å². The van der Waals surface area contributed by atoms with Crippen LogP contribution >= 0.6 is 0 Å². The highest BCUT2D eigenvalue weighted by molar-refractivity contribution is 7.86. The van der Waals surface area contributed by atoms with Crippen LogP contribution in [0.4, 0.5) is 11.4 Å². The number of carbonyl (C=O) groups is 3. The first-order valence-corrected chi connectivity index (χ1v) is 37.8. The van der Waals surface area contributed by atoms with Gasteiger partial charge in [0.05, 0.1) is 193 Å². The second-order valence-electron chi connectivity index (χ2n) is 24.5. The van der Waals surface area contributed by atoms with Crippen molar-refractivity contribution in [3.05, 3.63) is 108 Å². The highest BCUT2D eigenvalue weighted by Crippen LogP contribution is 2.53. The van der Waals surface area contributed by atoms with Crippen molar-refractivity contribution in [2.75, 3.05) is 231 Å². The third-order valence-corrected chi connectivity index (χ3v) is 19.0. The number of imide groups is 1. The summed E-state index contributed by atoms with van der Waals surface area (Å²) in [5.41, 5.74) is 3.76. The Balaban J connectivity index is 1.13. The highest BCUT2D eigenvalue weighted by atomic mass is 32.2. The van der Waals surface area contributed by atoms with Crippen LogP contribution in [0.25, 0.3) is 21.5 Å². The number of allylic oxidation sites excluding steroid dienone is 6. The topological polar surface area (TPSA) is 332 Å². The van der Waals surface area contributed by atoms with Crippen molar-refractivity contribution in [2.45, 2.75) is 66.6 Å². The molecule has 0 radical (unpaired) electrons. The fourth-order valence-electron chi connectivity index (χ4n) is 12.2. The first-order valence-electron chi connectivity index (χ1n) is 35.0. The molecule has 1 fully saturated rings. The molecule has 29 nitrogen and oxygen atoms in total. The fourth-order valence-corrected chi connectivity index (χ4v) is 13.2. The zero-order valence-corrected chi connectivity index (χ0v) is 62.0. The molecule has 0 aliphatic carbocycles. The molecule has 0 saturated carbocycles. The zero-order valence-electron chi connectivity index (χ0n) is 60.4. The molecular formula is C73H102N3O26S2-. The number of methoxy groups -OCH3 is 3. The largest absolute Gasteiger partial charge is 0.744 e. The van der Waals surface area contributed by atoms with E-state index in [4.69, 9.17) is 80.6 Å². The van der Waals surface area contributed by atoms with Crippen molar-refractivity contribution >= 4 is 76.7 Å². The van der Waals surface area contributed by atoms with Crippen LogP contribution in [0, 0.1) is 0 Å². The van der Waals surface area contributed by atoms with Crippen molar-refractivity contribution in [3.63, 3.8) is 0 Å². The summed E-state index contributed by atoms with van der Waals surface area (Å²) in [7, 11) is -4.74. The molecule has 2 atom stereocenters. The lowest BCUT2D eigenvalue weighted by Gasteiger charge is -2.31. The molecule has 578 valence electrons. The second kappa shape index (κ2) is 45.5. The Hall–Kier alpha value is -6.12. The molecule has 3 aliphatic heterocycles. The maximum absolute atomic E-state index is 12.4. The number of rotatable bonds is 57. The van der Waals surface area contributed by atoms with E-state index < -0.39 is 48.8 Å². The van der Waals surface area contributed by atoms with E-state index in [0.717, 1.165) is 44.7 Å². The van der Waals surface area contributed by atoms with E-state index in [1.807, 2.05) is 48.6 Å². The molecule has 0 spiro atoms. The lowest BCUT2D eigenvalue weighted by atomic mass is 9.75. The molecule has 0 bridgehead atoms. The van der Waals surface area contributed by atoms with Gasteiger partial charge in [0.2, 0.25) is 5.69 Å². The Morgan fingerprint density at radius 2 is 0.875 bits per heavy atom. The van der Waals surface area contributed by atoms with Gasteiger partial charge in [-0.25, -0.2) is 21.6 Å². The molecule has 3 aliphatic rings. The average molecular weight is 1500 g/mol. The van der Waals surface area contributed by atoms with E-state index in [0.29, 0.717) is 181 Å². The standard InChI is InChI=1S/C73H103N3O26S2/c1-72(22-27-90-38-43-98-50-47-94-34-31-86-3)65(74(24-29-92-40-45-100-52-49-96-36-33-88-5)63-17-11-57-55-59(103(80,81)82)13-15-61(57)70(63)72)9-7-6-8-10-66-73(2,23-28-91-39-44-99-51-48-95-35-32-87-4)71-62-16-14-60(104(83,84)85)56-58(62)12-18-64(71)75(66)25-30-93-41-46-101-54-53-97-42-37-89-26-21-69(79)102-76-67(77)19-20-68(76)78/h6-18,55-56H,19-54H2,1-5H3,(H-,80,81,82,83,84,85)/p-1. The van der Waals surface area contributed by atoms with Crippen LogP contribution in [-0.4, -0.2) is 285 Å². The van der Waals surface area contributed by atoms with Gasteiger partial charge in [-0.05, 0) is 96.3 Å². The van der Waals surface area contributed by atoms with Crippen LogP contribution in [0.5, 0.6) is 0 Å².